The number of thioether (sulfide) groups is 1. The van der Waals surface area contributed by atoms with Crippen LogP contribution in [-0.2, 0) is 5.75 Å². The smallest absolute Gasteiger partial charge is 0.285 e. The van der Waals surface area contributed by atoms with Crippen LogP contribution >= 0.6 is 11.8 Å². The van der Waals surface area contributed by atoms with Crippen molar-refractivity contribution in [3.63, 3.8) is 0 Å². The van der Waals surface area contributed by atoms with Crippen LogP contribution in [0.4, 0.5) is 4.39 Å². The summed E-state index contributed by atoms with van der Waals surface area (Å²) in [7, 11) is 0. The van der Waals surface area contributed by atoms with Crippen LogP contribution in [0.2, 0.25) is 0 Å². The molecule has 0 radical (unpaired) electrons. The maximum absolute atomic E-state index is 13.3. The molecule has 0 spiro atoms. The van der Waals surface area contributed by atoms with Gasteiger partial charge in [-0.05, 0) is 37.1 Å². The van der Waals surface area contributed by atoms with Crippen molar-refractivity contribution in [3.8, 4) is 11.1 Å². The van der Waals surface area contributed by atoms with Gasteiger partial charge in [0.2, 0.25) is 0 Å². The van der Waals surface area contributed by atoms with E-state index in [1.165, 1.54) is 34.0 Å². The summed E-state index contributed by atoms with van der Waals surface area (Å²) >= 11 is 1.46. The zero-order chi connectivity index (χ0) is 19.0. The number of H-pyrrole nitrogens is 1. The molecule has 4 aromatic rings. The number of benzene rings is 2. The molecule has 1 N–H and O–H groups in total. The van der Waals surface area contributed by atoms with Crippen LogP contribution in [0.5, 0.6) is 0 Å². The number of rotatable bonds is 4. The summed E-state index contributed by atoms with van der Waals surface area (Å²) in [6, 6.07) is 14.3. The van der Waals surface area contributed by atoms with Gasteiger partial charge in [0.1, 0.15) is 5.82 Å². The first kappa shape index (κ1) is 17.5. The minimum atomic E-state index is -0.344. The number of fused-ring (bicyclic) bond motifs is 1. The van der Waals surface area contributed by atoms with Gasteiger partial charge in [0.25, 0.3) is 0 Å². The number of hydrogen-bond acceptors (Lipinski definition) is 4. The number of nitrogens with one attached hydrogen (secondary N) is 1. The van der Waals surface area contributed by atoms with E-state index in [2.05, 4.69) is 21.1 Å². The fourth-order valence-corrected chi connectivity index (χ4v) is 3.80. The van der Waals surface area contributed by atoms with E-state index in [1.807, 2.05) is 32.0 Å². The van der Waals surface area contributed by atoms with Crippen molar-refractivity contribution >= 4 is 17.4 Å². The Morgan fingerprint density at radius 2 is 1.93 bits per heavy atom. The van der Waals surface area contributed by atoms with Crippen LogP contribution < -0.4 is 5.69 Å². The van der Waals surface area contributed by atoms with Crippen molar-refractivity contribution in [1.82, 2.24) is 19.6 Å². The predicted molar refractivity (Wildman–Crippen MR) is 104 cm³/mol. The van der Waals surface area contributed by atoms with Gasteiger partial charge < -0.3 is 0 Å². The molecule has 0 amide bonds. The van der Waals surface area contributed by atoms with E-state index in [0.29, 0.717) is 22.3 Å². The van der Waals surface area contributed by atoms with Crippen molar-refractivity contribution in [2.45, 2.75) is 24.8 Å². The summed E-state index contributed by atoms with van der Waals surface area (Å²) in [5, 5.41) is 4.82. The molecule has 0 saturated carbocycles. The molecule has 0 saturated heterocycles. The van der Waals surface area contributed by atoms with Gasteiger partial charge in [-0.25, -0.2) is 14.2 Å². The predicted octanol–water partition coefficient (Wildman–Crippen LogP) is 4.13. The molecule has 4 rings (SSSR count). The van der Waals surface area contributed by atoms with Gasteiger partial charge in [-0.15, -0.1) is 0 Å². The Kier molecular flexibility index (Phi) is 4.53. The average Bonchev–Trinajstić information content (AvgIpc) is 2.98. The summed E-state index contributed by atoms with van der Waals surface area (Å²) in [4.78, 5) is 19.8. The summed E-state index contributed by atoms with van der Waals surface area (Å²) in [5.74, 6) is 0.382. The minimum Gasteiger partial charge on any atom is -0.285 e. The first-order chi connectivity index (χ1) is 13.0. The second-order valence-corrected chi connectivity index (χ2v) is 7.29. The van der Waals surface area contributed by atoms with Crippen LogP contribution in [0.1, 0.15) is 16.8 Å². The summed E-state index contributed by atoms with van der Waals surface area (Å²) in [6.45, 7) is 3.86. The highest BCUT2D eigenvalue weighted by Crippen LogP contribution is 2.28. The largest absolute Gasteiger partial charge is 0.350 e. The second-order valence-electron chi connectivity index (χ2n) is 6.33. The molecule has 27 heavy (non-hydrogen) atoms. The summed E-state index contributed by atoms with van der Waals surface area (Å²) in [6.07, 6.45) is 0. The van der Waals surface area contributed by atoms with E-state index in [1.54, 1.807) is 12.1 Å². The average molecular weight is 380 g/mol. The molecular formula is C20H17FN4OS. The van der Waals surface area contributed by atoms with Gasteiger partial charge in [0.15, 0.2) is 10.8 Å². The summed E-state index contributed by atoms with van der Waals surface area (Å²) in [5.41, 5.74) is 4.65. The Hall–Kier alpha value is -2.93. The standard InChI is InChI=1S/C20H17FN4OS/c1-12-4-3-5-14(10-12)11-27-19-22-18-17(15-6-8-16(21)9-7-15)13(2)24-25(18)20(26)23-19/h3-10H,11H2,1-2H3,(H,22,23,26). The molecule has 0 unspecified atom stereocenters. The molecule has 0 aliphatic rings. The third-order valence-electron chi connectivity index (χ3n) is 4.24. The maximum Gasteiger partial charge on any atom is 0.350 e. The quantitative estimate of drug-likeness (QED) is 0.541. The lowest BCUT2D eigenvalue weighted by molar-refractivity contribution is 0.628. The van der Waals surface area contributed by atoms with Gasteiger partial charge in [-0.3, -0.25) is 4.98 Å². The van der Waals surface area contributed by atoms with E-state index < -0.39 is 0 Å². The molecule has 0 fully saturated rings. The molecule has 5 nitrogen and oxygen atoms in total. The van der Waals surface area contributed by atoms with Crippen LogP contribution in [0.3, 0.4) is 0 Å². The lowest BCUT2D eigenvalue weighted by Crippen LogP contribution is -2.19. The van der Waals surface area contributed by atoms with E-state index in [9.17, 15) is 9.18 Å². The molecule has 0 bridgehead atoms. The Balaban J connectivity index is 1.74. The Bertz CT molecular complexity index is 1180. The molecule has 2 aromatic heterocycles. The molecule has 136 valence electrons. The van der Waals surface area contributed by atoms with Crippen molar-refractivity contribution < 1.29 is 4.39 Å². The van der Waals surface area contributed by atoms with E-state index >= 15 is 0 Å². The fourth-order valence-electron chi connectivity index (χ4n) is 3.01. The number of aromatic nitrogens is 4. The highest BCUT2D eigenvalue weighted by molar-refractivity contribution is 7.98. The van der Waals surface area contributed by atoms with Crippen molar-refractivity contribution in [2.75, 3.05) is 0 Å². The number of hydrogen-bond donors (Lipinski definition) is 1. The van der Waals surface area contributed by atoms with Crippen molar-refractivity contribution in [3.05, 3.63) is 81.7 Å². The van der Waals surface area contributed by atoms with Crippen molar-refractivity contribution in [1.29, 1.82) is 0 Å². The van der Waals surface area contributed by atoms with Crippen LogP contribution in [-0.4, -0.2) is 19.6 Å². The molecule has 2 aromatic carbocycles. The van der Waals surface area contributed by atoms with Crippen LogP contribution in [0.15, 0.2) is 58.5 Å². The molecule has 0 aliphatic carbocycles. The molecule has 0 aliphatic heterocycles. The molecular weight excluding hydrogens is 363 g/mol. The zero-order valence-electron chi connectivity index (χ0n) is 14.9. The van der Waals surface area contributed by atoms with Gasteiger partial charge in [-0.1, -0.05) is 53.7 Å². The van der Waals surface area contributed by atoms with E-state index in [-0.39, 0.29) is 11.5 Å². The Morgan fingerprint density at radius 1 is 1.15 bits per heavy atom. The van der Waals surface area contributed by atoms with E-state index in [4.69, 9.17) is 0 Å². The number of nitrogens with zero attached hydrogens (tertiary/aromatic N) is 3. The van der Waals surface area contributed by atoms with Crippen molar-refractivity contribution in [2.24, 2.45) is 0 Å². The Morgan fingerprint density at radius 3 is 2.67 bits per heavy atom. The van der Waals surface area contributed by atoms with Crippen LogP contribution in [0.25, 0.3) is 16.8 Å². The first-order valence-electron chi connectivity index (χ1n) is 8.45. The molecule has 2 heterocycles. The number of aryl methyl sites for hydroxylation is 2. The molecule has 0 atom stereocenters. The third-order valence-corrected chi connectivity index (χ3v) is 5.19. The van der Waals surface area contributed by atoms with Gasteiger partial charge in [0.05, 0.1) is 5.69 Å². The maximum atomic E-state index is 13.3. The first-order valence-corrected chi connectivity index (χ1v) is 9.44. The van der Waals surface area contributed by atoms with E-state index in [0.717, 1.165) is 16.7 Å². The van der Waals surface area contributed by atoms with Gasteiger partial charge in [0, 0.05) is 11.3 Å². The monoisotopic (exact) mass is 380 g/mol. The highest BCUT2D eigenvalue weighted by atomic mass is 32.2. The number of aromatic amines is 1. The zero-order valence-corrected chi connectivity index (χ0v) is 15.7. The SMILES string of the molecule is Cc1cccc(CSc2nc3c(-c4ccc(F)cc4)c(C)nn3c(=O)[nH]2)c1. The summed E-state index contributed by atoms with van der Waals surface area (Å²) < 4.78 is 14.5. The molecule has 7 heteroatoms. The van der Waals surface area contributed by atoms with Gasteiger partial charge in [-0.2, -0.15) is 9.61 Å². The second kappa shape index (κ2) is 7.00. The van der Waals surface area contributed by atoms with Crippen LogP contribution in [0, 0.1) is 19.7 Å². The third kappa shape index (κ3) is 3.50. The fraction of sp³-hybridized carbons (Fsp3) is 0.150. The minimum absolute atomic E-state index is 0.312. The lowest BCUT2D eigenvalue weighted by Gasteiger charge is -2.04. The lowest BCUT2D eigenvalue weighted by atomic mass is 10.1. The normalized spacial score (nSPS) is 11.2. The highest BCUT2D eigenvalue weighted by Gasteiger charge is 2.16. The number of halogens is 1. The topological polar surface area (TPSA) is 63.1 Å². The van der Waals surface area contributed by atoms with Gasteiger partial charge >= 0.3 is 5.69 Å². The Labute approximate surface area is 159 Å².